The lowest BCUT2D eigenvalue weighted by Gasteiger charge is -2.19. The van der Waals surface area contributed by atoms with Crippen LogP contribution in [-0.2, 0) is 6.54 Å². The molecule has 1 fully saturated rings. The van der Waals surface area contributed by atoms with Gasteiger partial charge in [-0.2, -0.15) is 0 Å². The van der Waals surface area contributed by atoms with E-state index in [0.717, 1.165) is 36.2 Å². The highest BCUT2D eigenvalue weighted by atomic mass is 16.5. The van der Waals surface area contributed by atoms with E-state index in [1.807, 2.05) is 30.3 Å². The minimum atomic E-state index is -0.124. The minimum Gasteiger partial charge on any atom is -0.512 e. The maximum absolute atomic E-state index is 12.8. The Morgan fingerprint density at radius 2 is 1.94 bits per heavy atom. The molecule has 3 aromatic rings. The van der Waals surface area contributed by atoms with Crippen LogP contribution in [0.2, 0.25) is 0 Å². The summed E-state index contributed by atoms with van der Waals surface area (Å²) in [5, 5.41) is 19.4. The van der Waals surface area contributed by atoms with Gasteiger partial charge in [0.2, 0.25) is 0 Å². The molecule has 1 saturated heterocycles. The van der Waals surface area contributed by atoms with Crippen LogP contribution in [0.1, 0.15) is 37.9 Å². The van der Waals surface area contributed by atoms with Gasteiger partial charge in [-0.3, -0.25) is 14.7 Å². The van der Waals surface area contributed by atoms with E-state index in [-0.39, 0.29) is 17.0 Å². The van der Waals surface area contributed by atoms with Gasteiger partial charge < -0.3 is 19.8 Å². The fraction of sp³-hybridized carbons (Fsp3) is 0.346. The van der Waals surface area contributed by atoms with Crippen LogP contribution in [0.3, 0.4) is 0 Å². The van der Waals surface area contributed by atoms with Crippen molar-refractivity contribution >= 4 is 22.2 Å². The van der Waals surface area contributed by atoms with Crippen molar-refractivity contribution in [1.29, 1.82) is 5.41 Å². The third-order valence-corrected chi connectivity index (χ3v) is 6.01. The molecule has 7 nitrogen and oxygen atoms in total. The number of benzene rings is 1. The second-order valence-electron chi connectivity index (χ2n) is 8.47. The van der Waals surface area contributed by atoms with Crippen LogP contribution in [0.25, 0.3) is 16.5 Å². The number of likely N-dealkylation sites (tertiary alicyclic amines) is 1. The first-order valence-corrected chi connectivity index (χ1v) is 11.3. The number of aromatic nitrogens is 2. The predicted octanol–water partition coefficient (Wildman–Crippen LogP) is 4.25. The topological polar surface area (TPSA) is 91.4 Å². The van der Waals surface area contributed by atoms with Crippen molar-refractivity contribution in [3.63, 3.8) is 0 Å². The molecule has 0 bridgehead atoms. The standard InChI is InChI=1S/C26H30N4O3/c1-18(27)26(19(2)31)22-15-20-8-9-25(32)30(17-21-7-3-4-10-28-21)23(20)16-24(22)33-14-13-29-11-5-6-12-29/h3-4,7-10,15-16,27,31H,5-6,11-14,17H2,1-2H3/b26-19+,27-18?. The fourth-order valence-electron chi connectivity index (χ4n) is 4.41. The molecule has 1 aliphatic heterocycles. The van der Waals surface area contributed by atoms with Gasteiger partial charge >= 0.3 is 0 Å². The Bertz CT molecular complexity index is 1240. The predicted molar refractivity (Wildman–Crippen MR) is 131 cm³/mol. The number of aliphatic hydroxyl groups is 1. The van der Waals surface area contributed by atoms with Crippen LogP contribution < -0.4 is 10.3 Å². The van der Waals surface area contributed by atoms with Gasteiger partial charge in [0.15, 0.2) is 0 Å². The van der Waals surface area contributed by atoms with Gasteiger partial charge in [-0.1, -0.05) is 6.07 Å². The molecule has 0 unspecified atom stereocenters. The molecule has 0 amide bonds. The van der Waals surface area contributed by atoms with Crippen LogP contribution in [-0.4, -0.2) is 51.5 Å². The molecule has 0 saturated carbocycles. The Balaban J connectivity index is 1.80. The number of hydrogen-bond acceptors (Lipinski definition) is 6. The van der Waals surface area contributed by atoms with Gasteiger partial charge in [-0.15, -0.1) is 0 Å². The number of aliphatic hydroxyl groups excluding tert-OH is 1. The quantitative estimate of drug-likeness (QED) is 0.399. The lowest BCUT2D eigenvalue weighted by atomic mass is 9.97. The van der Waals surface area contributed by atoms with E-state index in [1.165, 1.54) is 18.9 Å². The van der Waals surface area contributed by atoms with Gasteiger partial charge in [0.1, 0.15) is 12.4 Å². The Kier molecular flexibility index (Phi) is 6.89. The largest absolute Gasteiger partial charge is 0.512 e. The second-order valence-corrected chi connectivity index (χ2v) is 8.47. The van der Waals surface area contributed by atoms with Gasteiger partial charge in [0, 0.05) is 41.7 Å². The average molecular weight is 447 g/mol. The first-order chi connectivity index (χ1) is 15.9. The molecule has 33 heavy (non-hydrogen) atoms. The highest BCUT2D eigenvalue weighted by molar-refractivity contribution is 6.22. The van der Waals surface area contributed by atoms with E-state index in [1.54, 1.807) is 30.7 Å². The summed E-state index contributed by atoms with van der Waals surface area (Å²) in [6.45, 7) is 7.03. The number of nitrogens with one attached hydrogen (secondary N) is 1. The molecule has 0 atom stereocenters. The molecule has 1 aliphatic rings. The highest BCUT2D eigenvalue weighted by Crippen LogP contribution is 2.33. The summed E-state index contributed by atoms with van der Waals surface area (Å²) >= 11 is 0. The molecule has 4 rings (SSSR count). The molecule has 2 N–H and O–H groups in total. The zero-order chi connectivity index (χ0) is 23.4. The van der Waals surface area contributed by atoms with Crippen molar-refractivity contribution in [2.45, 2.75) is 33.2 Å². The summed E-state index contributed by atoms with van der Waals surface area (Å²) in [7, 11) is 0. The van der Waals surface area contributed by atoms with Crippen molar-refractivity contribution in [2.75, 3.05) is 26.2 Å². The van der Waals surface area contributed by atoms with Gasteiger partial charge in [0.25, 0.3) is 5.56 Å². The number of nitrogens with zero attached hydrogens (tertiary/aromatic N) is 3. The van der Waals surface area contributed by atoms with Gasteiger partial charge in [-0.25, -0.2) is 0 Å². The van der Waals surface area contributed by atoms with E-state index in [0.29, 0.717) is 30.0 Å². The van der Waals surface area contributed by atoms with Crippen molar-refractivity contribution < 1.29 is 9.84 Å². The van der Waals surface area contributed by atoms with Crippen LogP contribution in [0, 0.1) is 5.41 Å². The normalized spacial score (nSPS) is 15.0. The minimum absolute atomic E-state index is 0.0630. The number of allylic oxidation sites excluding steroid dienone is 2. The first-order valence-electron chi connectivity index (χ1n) is 11.3. The Morgan fingerprint density at radius 3 is 2.61 bits per heavy atom. The van der Waals surface area contributed by atoms with E-state index < -0.39 is 0 Å². The van der Waals surface area contributed by atoms with Crippen LogP contribution in [0.15, 0.2) is 59.2 Å². The second kappa shape index (κ2) is 10.0. The zero-order valence-electron chi connectivity index (χ0n) is 19.2. The molecule has 0 spiro atoms. The first kappa shape index (κ1) is 22.7. The molecule has 1 aromatic carbocycles. The Labute approximate surface area is 193 Å². The SMILES string of the molecule is CC(=N)/C(=C(/C)O)c1cc2ccc(=O)n(Cc3ccccn3)c2cc1OCCN1CCCC1. The van der Waals surface area contributed by atoms with E-state index in [9.17, 15) is 9.90 Å². The van der Waals surface area contributed by atoms with Crippen LogP contribution >= 0.6 is 0 Å². The molecular weight excluding hydrogens is 416 g/mol. The fourth-order valence-corrected chi connectivity index (χ4v) is 4.41. The molecule has 7 heteroatoms. The maximum atomic E-state index is 12.8. The van der Waals surface area contributed by atoms with Gasteiger partial charge in [0.05, 0.1) is 23.5 Å². The van der Waals surface area contributed by atoms with Crippen molar-refractivity contribution in [3.05, 3.63) is 76.0 Å². The molecule has 3 heterocycles. The van der Waals surface area contributed by atoms with E-state index >= 15 is 0 Å². The Morgan fingerprint density at radius 1 is 1.15 bits per heavy atom. The van der Waals surface area contributed by atoms with Crippen molar-refractivity contribution in [1.82, 2.24) is 14.5 Å². The average Bonchev–Trinajstić information content (AvgIpc) is 3.30. The maximum Gasteiger partial charge on any atom is 0.251 e. The third-order valence-electron chi connectivity index (χ3n) is 6.01. The summed E-state index contributed by atoms with van der Waals surface area (Å²) in [5.74, 6) is 0.616. The van der Waals surface area contributed by atoms with Gasteiger partial charge in [-0.05, 0) is 69.4 Å². The van der Waals surface area contributed by atoms with Crippen LogP contribution in [0.5, 0.6) is 5.75 Å². The Hall–Kier alpha value is -3.45. The zero-order valence-corrected chi connectivity index (χ0v) is 19.2. The number of fused-ring (bicyclic) bond motifs is 1. The smallest absolute Gasteiger partial charge is 0.251 e. The summed E-state index contributed by atoms with van der Waals surface area (Å²) in [4.78, 5) is 19.5. The van der Waals surface area contributed by atoms with Crippen molar-refractivity contribution in [2.24, 2.45) is 0 Å². The molecule has 172 valence electrons. The lowest BCUT2D eigenvalue weighted by Crippen LogP contribution is -2.25. The summed E-state index contributed by atoms with van der Waals surface area (Å²) in [6, 6.07) is 12.7. The van der Waals surface area contributed by atoms with E-state index in [2.05, 4.69) is 9.88 Å². The van der Waals surface area contributed by atoms with Crippen molar-refractivity contribution in [3.8, 4) is 5.75 Å². The molecular formula is C26H30N4O3. The summed E-state index contributed by atoms with van der Waals surface area (Å²) < 4.78 is 7.90. The number of ether oxygens (including phenoxy) is 1. The number of rotatable bonds is 8. The lowest BCUT2D eigenvalue weighted by molar-refractivity contribution is 0.237. The highest BCUT2D eigenvalue weighted by Gasteiger charge is 2.18. The molecule has 2 aromatic heterocycles. The summed E-state index contributed by atoms with van der Waals surface area (Å²) in [6.07, 6.45) is 4.14. The number of pyridine rings is 2. The molecule has 0 aliphatic carbocycles. The monoisotopic (exact) mass is 446 g/mol. The third kappa shape index (κ3) is 5.14. The van der Waals surface area contributed by atoms with E-state index in [4.69, 9.17) is 10.1 Å². The van der Waals surface area contributed by atoms with Crippen LogP contribution in [0.4, 0.5) is 0 Å². The molecule has 0 radical (unpaired) electrons. The summed E-state index contributed by atoms with van der Waals surface area (Å²) in [5.41, 5.74) is 2.73. The number of hydrogen-bond donors (Lipinski definition) is 2.